The van der Waals surface area contributed by atoms with Gasteiger partial charge < -0.3 is 5.32 Å². The van der Waals surface area contributed by atoms with Crippen LogP contribution in [-0.4, -0.2) is 31.1 Å². The Morgan fingerprint density at radius 3 is 2.65 bits per heavy atom. The van der Waals surface area contributed by atoms with E-state index in [9.17, 15) is 4.39 Å². The maximum atomic E-state index is 13.9. The fourth-order valence-corrected chi connectivity index (χ4v) is 2.62. The Hall–Kier alpha value is -0.640. The van der Waals surface area contributed by atoms with Gasteiger partial charge in [-0.1, -0.05) is 17.7 Å². The maximum Gasteiger partial charge on any atom is 0.129 e. The summed E-state index contributed by atoms with van der Waals surface area (Å²) < 4.78 is 13.9. The lowest BCUT2D eigenvalue weighted by Gasteiger charge is -2.33. The van der Waals surface area contributed by atoms with Gasteiger partial charge in [-0.15, -0.1) is 0 Å². The van der Waals surface area contributed by atoms with Crippen LogP contribution in [0.3, 0.4) is 0 Å². The van der Waals surface area contributed by atoms with E-state index in [2.05, 4.69) is 10.2 Å². The van der Waals surface area contributed by atoms with Gasteiger partial charge in [0.05, 0.1) is 5.02 Å². The SMILES string of the molecule is Cc1ccc(F)c([C@H](C)N2CCNCC2)c1Cl. The third-order valence-electron chi connectivity index (χ3n) is 3.44. The van der Waals surface area contributed by atoms with E-state index < -0.39 is 0 Å². The second kappa shape index (κ2) is 5.34. The average molecular weight is 257 g/mol. The first kappa shape index (κ1) is 12.8. The quantitative estimate of drug-likeness (QED) is 0.875. The first-order valence-electron chi connectivity index (χ1n) is 6.00. The van der Waals surface area contributed by atoms with Crippen molar-refractivity contribution >= 4 is 11.6 Å². The van der Waals surface area contributed by atoms with Gasteiger partial charge in [0.25, 0.3) is 0 Å². The highest BCUT2D eigenvalue weighted by Crippen LogP contribution is 2.32. The average Bonchev–Trinajstić information content (AvgIpc) is 2.35. The number of benzene rings is 1. The summed E-state index contributed by atoms with van der Waals surface area (Å²) in [6.07, 6.45) is 0. The molecule has 0 amide bonds. The van der Waals surface area contributed by atoms with Crippen LogP contribution in [0.25, 0.3) is 0 Å². The zero-order chi connectivity index (χ0) is 12.4. The summed E-state index contributed by atoms with van der Waals surface area (Å²) in [5.74, 6) is -0.202. The summed E-state index contributed by atoms with van der Waals surface area (Å²) in [4.78, 5) is 2.26. The molecule has 17 heavy (non-hydrogen) atoms. The number of nitrogens with zero attached hydrogens (tertiary/aromatic N) is 1. The topological polar surface area (TPSA) is 15.3 Å². The van der Waals surface area contributed by atoms with Gasteiger partial charge in [0.1, 0.15) is 5.82 Å². The van der Waals surface area contributed by atoms with E-state index >= 15 is 0 Å². The van der Waals surface area contributed by atoms with Crippen LogP contribution in [0, 0.1) is 12.7 Å². The number of hydrogen-bond donors (Lipinski definition) is 1. The summed E-state index contributed by atoms with van der Waals surface area (Å²) in [6.45, 7) is 7.71. The van der Waals surface area contributed by atoms with E-state index in [0.29, 0.717) is 10.6 Å². The highest BCUT2D eigenvalue weighted by atomic mass is 35.5. The minimum absolute atomic E-state index is 0.0319. The first-order valence-corrected chi connectivity index (χ1v) is 6.38. The van der Waals surface area contributed by atoms with Crippen molar-refractivity contribution in [1.82, 2.24) is 10.2 Å². The van der Waals surface area contributed by atoms with Crippen LogP contribution in [0.4, 0.5) is 4.39 Å². The molecule has 1 atom stereocenters. The number of halogens is 2. The minimum atomic E-state index is -0.202. The van der Waals surface area contributed by atoms with Crippen molar-refractivity contribution in [3.05, 3.63) is 34.1 Å². The highest BCUT2D eigenvalue weighted by molar-refractivity contribution is 6.32. The predicted octanol–water partition coefficient (Wildman–Crippen LogP) is 2.75. The van der Waals surface area contributed by atoms with E-state index in [1.165, 1.54) is 6.07 Å². The van der Waals surface area contributed by atoms with Gasteiger partial charge in [0.2, 0.25) is 0 Å². The number of piperazine rings is 1. The molecule has 1 heterocycles. The van der Waals surface area contributed by atoms with E-state index in [-0.39, 0.29) is 11.9 Å². The Morgan fingerprint density at radius 2 is 2.00 bits per heavy atom. The maximum absolute atomic E-state index is 13.9. The molecule has 1 fully saturated rings. The Balaban J connectivity index is 2.29. The molecule has 0 aliphatic carbocycles. The molecule has 0 bridgehead atoms. The fourth-order valence-electron chi connectivity index (χ4n) is 2.31. The monoisotopic (exact) mass is 256 g/mol. The second-order valence-electron chi connectivity index (χ2n) is 4.55. The zero-order valence-electron chi connectivity index (χ0n) is 10.3. The molecule has 0 saturated carbocycles. The standard InChI is InChI=1S/C13H18ClFN2/c1-9-3-4-11(15)12(13(9)14)10(2)17-7-5-16-6-8-17/h3-4,10,16H,5-8H2,1-2H3/t10-/m0/s1. The van der Waals surface area contributed by atoms with Gasteiger partial charge in [0, 0.05) is 37.8 Å². The molecule has 1 saturated heterocycles. The third kappa shape index (κ3) is 2.62. The minimum Gasteiger partial charge on any atom is -0.314 e. The molecule has 1 aromatic carbocycles. The van der Waals surface area contributed by atoms with Crippen LogP contribution >= 0.6 is 11.6 Å². The molecule has 0 radical (unpaired) electrons. The van der Waals surface area contributed by atoms with Gasteiger partial charge in [-0.05, 0) is 25.5 Å². The van der Waals surface area contributed by atoms with Crippen LogP contribution in [0.2, 0.25) is 5.02 Å². The summed E-state index contributed by atoms with van der Waals surface area (Å²) >= 11 is 6.23. The van der Waals surface area contributed by atoms with E-state index in [0.717, 1.165) is 31.7 Å². The summed E-state index contributed by atoms with van der Waals surface area (Å²) in [6, 6.07) is 3.27. The molecule has 1 aliphatic heterocycles. The predicted molar refractivity (Wildman–Crippen MR) is 69.0 cm³/mol. The van der Waals surface area contributed by atoms with Crippen molar-refractivity contribution in [3.8, 4) is 0 Å². The van der Waals surface area contributed by atoms with Crippen molar-refractivity contribution in [1.29, 1.82) is 0 Å². The molecule has 0 unspecified atom stereocenters. The van der Waals surface area contributed by atoms with Gasteiger partial charge in [-0.3, -0.25) is 4.90 Å². The highest BCUT2D eigenvalue weighted by Gasteiger charge is 2.23. The molecule has 2 rings (SSSR count). The molecule has 1 N–H and O–H groups in total. The van der Waals surface area contributed by atoms with Crippen molar-refractivity contribution in [2.24, 2.45) is 0 Å². The fraction of sp³-hybridized carbons (Fsp3) is 0.538. The molecule has 4 heteroatoms. The lowest BCUT2D eigenvalue weighted by atomic mass is 10.0. The number of aryl methyl sites for hydroxylation is 1. The molecule has 1 aromatic rings. The van der Waals surface area contributed by atoms with Crippen LogP contribution < -0.4 is 5.32 Å². The zero-order valence-corrected chi connectivity index (χ0v) is 11.0. The second-order valence-corrected chi connectivity index (χ2v) is 4.93. The number of hydrogen-bond acceptors (Lipinski definition) is 2. The van der Waals surface area contributed by atoms with Crippen LogP contribution in [-0.2, 0) is 0 Å². The van der Waals surface area contributed by atoms with Crippen LogP contribution in [0.15, 0.2) is 12.1 Å². The van der Waals surface area contributed by atoms with Crippen molar-refractivity contribution in [3.63, 3.8) is 0 Å². The summed E-state index contributed by atoms with van der Waals surface area (Å²) in [7, 11) is 0. The largest absolute Gasteiger partial charge is 0.314 e. The van der Waals surface area contributed by atoms with Gasteiger partial charge in [-0.2, -0.15) is 0 Å². The number of rotatable bonds is 2. The van der Waals surface area contributed by atoms with Crippen molar-refractivity contribution in [2.75, 3.05) is 26.2 Å². The Bertz CT molecular complexity index is 403. The van der Waals surface area contributed by atoms with E-state index in [1.54, 1.807) is 6.07 Å². The molecular weight excluding hydrogens is 239 g/mol. The molecule has 0 spiro atoms. The van der Waals surface area contributed by atoms with Gasteiger partial charge in [-0.25, -0.2) is 4.39 Å². The Morgan fingerprint density at radius 1 is 1.35 bits per heavy atom. The summed E-state index contributed by atoms with van der Waals surface area (Å²) in [5.41, 5.74) is 1.57. The third-order valence-corrected chi connectivity index (χ3v) is 3.94. The number of nitrogens with one attached hydrogen (secondary N) is 1. The smallest absolute Gasteiger partial charge is 0.129 e. The lowest BCUT2D eigenvalue weighted by Crippen LogP contribution is -2.44. The molecule has 94 valence electrons. The van der Waals surface area contributed by atoms with Crippen LogP contribution in [0.1, 0.15) is 24.1 Å². The molecule has 0 aromatic heterocycles. The molecule has 1 aliphatic rings. The van der Waals surface area contributed by atoms with Crippen LogP contribution in [0.5, 0.6) is 0 Å². The van der Waals surface area contributed by atoms with Gasteiger partial charge >= 0.3 is 0 Å². The first-order chi connectivity index (χ1) is 8.11. The van der Waals surface area contributed by atoms with Gasteiger partial charge in [0.15, 0.2) is 0 Å². The molecule has 2 nitrogen and oxygen atoms in total. The molecular formula is C13H18ClFN2. The van der Waals surface area contributed by atoms with E-state index in [4.69, 9.17) is 11.6 Å². The normalized spacial score (nSPS) is 19.3. The Kier molecular flexibility index (Phi) is 4.02. The lowest BCUT2D eigenvalue weighted by molar-refractivity contribution is 0.182. The van der Waals surface area contributed by atoms with Crippen molar-refractivity contribution < 1.29 is 4.39 Å². The van der Waals surface area contributed by atoms with Crippen molar-refractivity contribution in [2.45, 2.75) is 19.9 Å². The Labute approximate surface area is 107 Å². The van der Waals surface area contributed by atoms with E-state index in [1.807, 2.05) is 13.8 Å². The summed E-state index contributed by atoms with van der Waals surface area (Å²) in [5, 5.41) is 3.86.